The fraction of sp³-hybridized carbons (Fsp3) is 0.529. The van der Waals surface area contributed by atoms with Gasteiger partial charge in [0.25, 0.3) is 0 Å². The number of aliphatic carboxylic acids is 1. The Kier molecular flexibility index (Phi) is 5.55. The molecule has 0 heterocycles. The first kappa shape index (κ1) is 16.5. The summed E-state index contributed by atoms with van der Waals surface area (Å²) in [6.45, 7) is 2.64. The molecule has 2 atom stereocenters. The lowest BCUT2D eigenvalue weighted by Gasteiger charge is -2.25. The van der Waals surface area contributed by atoms with Gasteiger partial charge in [-0.2, -0.15) is 0 Å². The molecule has 0 aromatic heterocycles. The third-order valence-electron chi connectivity index (χ3n) is 4.44. The quantitative estimate of drug-likeness (QED) is 0.840. The molecule has 0 saturated heterocycles. The van der Waals surface area contributed by atoms with Crippen LogP contribution in [0.4, 0.5) is 0 Å². The lowest BCUT2D eigenvalue weighted by molar-refractivity contribution is -0.141. The highest BCUT2D eigenvalue weighted by Crippen LogP contribution is 2.32. The predicted molar refractivity (Wildman–Crippen MR) is 82.1 cm³/mol. The number of aryl methyl sites for hydroxylation is 1. The smallest absolute Gasteiger partial charge is 0.306 e. The standard InChI is InChI=1S/C17H23NO4/c1-12-4-2-3-5-15(12)11-18(8-9-19)16(20)13-6-7-14(10-13)17(21)22/h2-5,13-14,19H,6-11H2,1H3,(H,21,22)/t13-,14+/m0/s1. The highest BCUT2D eigenvalue weighted by molar-refractivity contribution is 5.81. The largest absolute Gasteiger partial charge is 0.481 e. The van der Waals surface area contributed by atoms with Crippen molar-refractivity contribution in [2.24, 2.45) is 11.8 Å². The molecule has 1 aromatic rings. The molecule has 1 fully saturated rings. The summed E-state index contributed by atoms with van der Waals surface area (Å²) in [6, 6.07) is 7.85. The second kappa shape index (κ2) is 7.40. The van der Waals surface area contributed by atoms with E-state index < -0.39 is 11.9 Å². The molecule has 5 nitrogen and oxygen atoms in total. The first-order chi connectivity index (χ1) is 10.5. The Balaban J connectivity index is 2.06. The van der Waals surface area contributed by atoms with Crippen LogP contribution >= 0.6 is 0 Å². The number of hydrogen-bond donors (Lipinski definition) is 2. The van der Waals surface area contributed by atoms with E-state index in [0.29, 0.717) is 25.8 Å². The minimum absolute atomic E-state index is 0.0407. The van der Waals surface area contributed by atoms with E-state index in [2.05, 4.69) is 0 Å². The summed E-state index contributed by atoms with van der Waals surface area (Å²) in [4.78, 5) is 25.3. The highest BCUT2D eigenvalue weighted by atomic mass is 16.4. The third-order valence-corrected chi connectivity index (χ3v) is 4.44. The van der Waals surface area contributed by atoms with Gasteiger partial charge in [0, 0.05) is 19.0 Å². The average molecular weight is 305 g/mol. The summed E-state index contributed by atoms with van der Waals surface area (Å²) in [6.07, 6.45) is 1.58. The summed E-state index contributed by atoms with van der Waals surface area (Å²) < 4.78 is 0. The van der Waals surface area contributed by atoms with Crippen LogP contribution in [0.15, 0.2) is 24.3 Å². The Hall–Kier alpha value is -1.88. The lowest BCUT2D eigenvalue weighted by Crippen LogP contribution is -2.37. The van der Waals surface area contributed by atoms with Gasteiger partial charge in [0.05, 0.1) is 12.5 Å². The van der Waals surface area contributed by atoms with Gasteiger partial charge >= 0.3 is 5.97 Å². The van der Waals surface area contributed by atoms with E-state index in [0.717, 1.165) is 11.1 Å². The number of carbonyl (C=O) groups is 2. The Bertz CT molecular complexity index is 543. The molecule has 1 amide bonds. The average Bonchev–Trinajstić information content (AvgIpc) is 2.98. The second-order valence-electron chi connectivity index (χ2n) is 5.96. The molecular formula is C17H23NO4. The molecule has 5 heteroatoms. The maximum absolute atomic E-state index is 12.6. The molecule has 0 unspecified atom stereocenters. The van der Waals surface area contributed by atoms with Crippen LogP contribution in [0.5, 0.6) is 0 Å². The number of rotatable bonds is 6. The molecular weight excluding hydrogens is 282 g/mol. The van der Waals surface area contributed by atoms with Crippen LogP contribution < -0.4 is 0 Å². The van der Waals surface area contributed by atoms with Gasteiger partial charge in [-0.3, -0.25) is 9.59 Å². The van der Waals surface area contributed by atoms with E-state index in [9.17, 15) is 14.7 Å². The molecule has 120 valence electrons. The minimum atomic E-state index is -0.817. The van der Waals surface area contributed by atoms with Gasteiger partial charge in [-0.15, -0.1) is 0 Å². The van der Waals surface area contributed by atoms with E-state index in [1.54, 1.807) is 4.90 Å². The van der Waals surface area contributed by atoms with Crippen LogP contribution in [0.3, 0.4) is 0 Å². The number of carbonyl (C=O) groups excluding carboxylic acids is 1. The number of carboxylic acid groups (broad SMARTS) is 1. The van der Waals surface area contributed by atoms with Crippen LogP contribution in [-0.2, 0) is 16.1 Å². The number of aliphatic hydroxyl groups excluding tert-OH is 1. The number of aliphatic hydroxyl groups is 1. The Morgan fingerprint density at radius 3 is 2.50 bits per heavy atom. The van der Waals surface area contributed by atoms with Crippen molar-refractivity contribution in [1.82, 2.24) is 4.90 Å². The molecule has 2 N–H and O–H groups in total. The van der Waals surface area contributed by atoms with Gasteiger partial charge in [0.2, 0.25) is 5.91 Å². The minimum Gasteiger partial charge on any atom is -0.481 e. The summed E-state index contributed by atoms with van der Waals surface area (Å²) in [5.41, 5.74) is 2.16. The Morgan fingerprint density at radius 2 is 1.91 bits per heavy atom. The molecule has 1 aliphatic rings. The van der Waals surface area contributed by atoms with Crippen LogP contribution in [-0.4, -0.2) is 40.1 Å². The fourth-order valence-corrected chi connectivity index (χ4v) is 3.07. The number of benzene rings is 1. The lowest BCUT2D eigenvalue weighted by atomic mass is 10.0. The molecule has 0 radical (unpaired) electrons. The van der Waals surface area contributed by atoms with Gasteiger partial charge in [-0.25, -0.2) is 0 Å². The van der Waals surface area contributed by atoms with E-state index >= 15 is 0 Å². The van der Waals surface area contributed by atoms with Gasteiger partial charge in [0.1, 0.15) is 0 Å². The third kappa shape index (κ3) is 3.85. The molecule has 0 aliphatic heterocycles. The van der Waals surface area contributed by atoms with Crippen LogP contribution in [0.25, 0.3) is 0 Å². The second-order valence-corrected chi connectivity index (χ2v) is 5.96. The number of carboxylic acids is 1. The number of hydrogen-bond acceptors (Lipinski definition) is 3. The highest BCUT2D eigenvalue weighted by Gasteiger charge is 2.35. The molecule has 1 aromatic carbocycles. The molecule has 1 aliphatic carbocycles. The van der Waals surface area contributed by atoms with E-state index in [4.69, 9.17) is 5.11 Å². The molecule has 2 rings (SSSR count). The zero-order valence-electron chi connectivity index (χ0n) is 12.9. The van der Waals surface area contributed by atoms with Crippen molar-refractivity contribution in [2.75, 3.05) is 13.2 Å². The first-order valence-electron chi connectivity index (χ1n) is 7.70. The van der Waals surface area contributed by atoms with Crippen molar-refractivity contribution >= 4 is 11.9 Å². The monoisotopic (exact) mass is 305 g/mol. The summed E-state index contributed by atoms with van der Waals surface area (Å²) >= 11 is 0. The zero-order valence-corrected chi connectivity index (χ0v) is 12.9. The normalized spacial score (nSPS) is 20.8. The van der Waals surface area contributed by atoms with E-state index in [-0.39, 0.29) is 25.0 Å². The van der Waals surface area contributed by atoms with Crippen molar-refractivity contribution in [3.63, 3.8) is 0 Å². The topological polar surface area (TPSA) is 77.8 Å². The maximum atomic E-state index is 12.6. The molecule has 0 spiro atoms. The first-order valence-corrected chi connectivity index (χ1v) is 7.70. The van der Waals surface area contributed by atoms with E-state index in [1.807, 2.05) is 31.2 Å². The molecule has 0 bridgehead atoms. The van der Waals surface area contributed by atoms with Crippen molar-refractivity contribution in [1.29, 1.82) is 0 Å². The van der Waals surface area contributed by atoms with Crippen molar-refractivity contribution < 1.29 is 19.8 Å². The van der Waals surface area contributed by atoms with Crippen LogP contribution in [0.1, 0.15) is 30.4 Å². The van der Waals surface area contributed by atoms with Crippen molar-refractivity contribution in [3.05, 3.63) is 35.4 Å². The summed E-state index contributed by atoms with van der Waals surface area (Å²) in [5.74, 6) is -1.51. The van der Waals surface area contributed by atoms with E-state index in [1.165, 1.54) is 0 Å². The zero-order chi connectivity index (χ0) is 16.1. The van der Waals surface area contributed by atoms with Gasteiger partial charge in [0.15, 0.2) is 0 Å². The van der Waals surface area contributed by atoms with Gasteiger partial charge in [-0.05, 0) is 37.3 Å². The van der Waals surface area contributed by atoms with Gasteiger partial charge < -0.3 is 15.1 Å². The van der Waals surface area contributed by atoms with Gasteiger partial charge in [-0.1, -0.05) is 24.3 Å². The predicted octanol–water partition coefficient (Wildman–Crippen LogP) is 1.82. The summed E-state index contributed by atoms with van der Waals surface area (Å²) in [5, 5.41) is 18.3. The Morgan fingerprint density at radius 1 is 1.23 bits per heavy atom. The fourth-order valence-electron chi connectivity index (χ4n) is 3.07. The maximum Gasteiger partial charge on any atom is 0.306 e. The summed E-state index contributed by atoms with van der Waals surface area (Å²) in [7, 11) is 0. The van der Waals surface area contributed by atoms with Crippen molar-refractivity contribution in [3.8, 4) is 0 Å². The molecule has 1 saturated carbocycles. The molecule has 22 heavy (non-hydrogen) atoms. The number of nitrogens with zero attached hydrogens (tertiary/aromatic N) is 1. The Labute approximate surface area is 130 Å². The van der Waals surface area contributed by atoms with Crippen molar-refractivity contribution in [2.45, 2.75) is 32.7 Å². The SMILES string of the molecule is Cc1ccccc1CN(CCO)C(=O)[C@H]1CC[C@@H](C(=O)O)C1. The number of amides is 1. The van der Waals surface area contributed by atoms with Crippen LogP contribution in [0.2, 0.25) is 0 Å². The van der Waals surface area contributed by atoms with Crippen LogP contribution in [0, 0.1) is 18.8 Å².